The summed E-state index contributed by atoms with van der Waals surface area (Å²) in [5, 5.41) is 12.3. The number of carbonyl (C=O) groups is 1. The summed E-state index contributed by atoms with van der Waals surface area (Å²) in [6.07, 6.45) is 5.58. The van der Waals surface area contributed by atoms with Crippen LogP contribution < -0.4 is 5.32 Å². The molecule has 0 aromatic rings. The molecule has 3 unspecified atom stereocenters. The Hall–Kier alpha value is -0.260. The van der Waals surface area contributed by atoms with Crippen LogP contribution in [0.15, 0.2) is 0 Å². The number of hydrogen-bond acceptors (Lipinski definition) is 4. The third-order valence-corrected chi connectivity index (χ3v) is 5.70. The van der Waals surface area contributed by atoms with E-state index in [1.165, 1.54) is 12.2 Å². The third kappa shape index (κ3) is 4.93. The zero-order chi connectivity index (χ0) is 14.4. The normalized spacial score (nSPS) is 31.6. The highest BCUT2D eigenvalue weighted by Crippen LogP contribution is 2.38. The number of nitrogens with one attached hydrogen (secondary N) is 1. The lowest BCUT2D eigenvalue weighted by atomic mass is 9.89. The Kier molecular flexibility index (Phi) is 6.18. The van der Waals surface area contributed by atoms with E-state index in [2.05, 4.69) is 12.2 Å². The molecule has 20 heavy (non-hydrogen) atoms. The van der Waals surface area contributed by atoms with Crippen LogP contribution in [-0.2, 0) is 9.53 Å². The summed E-state index contributed by atoms with van der Waals surface area (Å²) in [5.41, 5.74) is 0.148. The summed E-state index contributed by atoms with van der Waals surface area (Å²) in [6, 6.07) is 0.578. The van der Waals surface area contributed by atoms with E-state index in [9.17, 15) is 4.79 Å². The van der Waals surface area contributed by atoms with Crippen molar-refractivity contribution in [1.29, 1.82) is 0 Å². The quantitative estimate of drug-likeness (QED) is 0.757. The molecule has 2 heterocycles. The van der Waals surface area contributed by atoms with Crippen LogP contribution in [0.25, 0.3) is 0 Å². The highest BCUT2D eigenvalue weighted by atomic mass is 32.2. The van der Waals surface area contributed by atoms with Crippen molar-refractivity contribution in [3.05, 3.63) is 0 Å². The zero-order valence-corrected chi connectivity index (χ0v) is 13.2. The van der Waals surface area contributed by atoms with E-state index in [4.69, 9.17) is 9.84 Å². The monoisotopic (exact) mass is 301 g/mol. The fourth-order valence-electron chi connectivity index (χ4n) is 3.11. The summed E-state index contributed by atoms with van der Waals surface area (Å²) in [6.45, 7) is 4.02. The lowest BCUT2D eigenvalue weighted by Crippen LogP contribution is -2.47. The molecular weight excluding hydrogens is 274 g/mol. The number of carboxylic acids is 1. The van der Waals surface area contributed by atoms with Crippen LogP contribution in [0.3, 0.4) is 0 Å². The van der Waals surface area contributed by atoms with E-state index in [1.807, 2.05) is 11.8 Å². The first-order chi connectivity index (χ1) is 9.60. The van der Waals surface area contributed by atoms with Gasteiger partial charge in [-0.1, -0.05) is 6.92 Å². The van der Waals surface area contributed by atoms with Gasteiger partial charge in [-0.2, -0.15) is 11.8 Å². The molecule has 2 aliphatic heterocycles. The van der Waals surface area contributed by atoms with Crippen molar-refractivity contribution in [3.63, 3.8) is 0 Å². The summed E-state index contributed by atoms with van der Waals surface area (Å²) < 4.78 is 6.02. The predicted octanol–water partition coefficient (Wildman–Crippen LogP) is 2.52. The largest absolute Gasteiger partial charge is 0.481 e. The molecule has 2 N–H and O–H groups in total. The maximum absolute atomic E-state index is 10.5. The Bertz CT molecular complexity index is 318. The maximum Gasteiger partial charge on any atom is 0.303 e. The van der Waals surface area contributed by atoms with Crippen LogP contribution in [0.2, 0.25) is 0 Å². The Balaban J connectivity index is 1.62. The van der Waals surface area contributed by atoms with Gasteiger partial charge >= 0.3 is 5.97 Å². The van der Waals surface area contributed by atoms with Crippen LogP contribution in [-0.4, -0.2) is 47.4 Å². The summed E-state index contributed by atoms with van der Waals surface area (Å²) >= 11 is 2.01. The predicted molar refractivity (Wildman–Crippen MR) is 82.3 cm³/mol. The number of ether oxygens (including phenoxy) is 1. The first-order valence-electron chi connectivity index (χ1n) is 7.76. The minimum Gasteiger partial charge on any atom is -0.481 e. The molecule has 0 radical (unpaired) electrons. The number of hydrogen-bond donors (Lipinski definition) is 2. The van der Waals surface area contributed by atoms with Gasteiger partial charge in [0.25, 0.3) is 0 Å². The van der Waals surface area contributed by atoms with Gasteiger partial charge in [0.1, 0.15) is 0 Å². The Morgan fingerprint density at radius 2 is 2.40 bits per heavy atom. The molecule has 0 saturated carbocycles. The first-order valence-corrected chi connectivity index (χ1v) is 8.92. The molecule has 0 amide bonds. The van der Waals surface area contributed by atoms with Crippen molar-refractivity contribution >= 4 is 17.7 Å². The molecule has 0 aliphatic carbocycles. The average molecular weight is 301 g/mol. The van der Waals surface area contributed by atoms with E-state index in [0.29, 0.717) is 18.4 Å². The Labute approximate surface area is 126 Å². The van der Waals surface area contributed by atoms with Crippen LogP contribution in [0.1, 0.15) is 45.4 Å². The number of thioether (sulfide) groups is 1. The third-order valence-electron chi connectivity index (χ3n) is 4.48. The fraction of sp³-hybridized carbons (Fsp3) is 0.933. The Morgan fingerprint density at radius 3 is 3.10 bits per heavy atom. The average Bonchev–Trinajstić information content (AvgIpc) is 2.84. The van der Waals surface area contributed by atoms with Crippen LogP contribution >= 0.6 is 11.8 Å². The van der Waals surface area contributed by atoms with E-state index >= 15 is 0 Å². The van der Waals surface area contributed by atoms with E-state index in [0.717, 1.165) is 44.6 Å². The lowest BCUT2D eigenvalue weighted by molar-refractivity contribution is -0.137. The number of aliphatic carboxylic acids is 1. The van der Waals surface area contributed by atoms with Crippen molar-refractivity contribution in [2.24, 2.45) is 5.92 Å². The Morgan fingerprint density at radius 1 is 1.55 bits per heavy atom. The second kappa shape index (κ2) is 7.66. The lowest BCUT2D eigenvalue weighted by Gasteiger charge is -2.38. The van der Waals surface area contributed by atoms with Crippen molar-refractivity contribution < 1.29 is 14.6 Å². The van der Waals surface area contributed by atoms with Gasteiger partial charge in [0, 0.05) is 24.8 Å². The van der Waals surface area contributed by atoms with Crippen LogP contribution in [0.5, 0.6) is 0 Å². The van der Waals surface area contributed by atoms with Gasteiger partial charge in [-0.15, -0.1) is 0 Å². The van der Waals surface area contributed by atoms with Crippen molar-refractivity contribution in [2.45, 2.75) is 57.1 Å². The fourth-order valence-corrected chi connectivity index (χ4v) is 4.49. The zero-order valence-electron chi connectivity index (χ0n) is 12.4. The molecule has 116 valence electrons. The SMILES string of the molecule is CC(CCNC1CCOC2(CCSC2)C1)CCC(=O)O. The summed E-state index contributed by atoms with van der Waals surface area (Å²) in [5.74, 6) is 2.18. The minimum atomic E-state index is -0.685. The smallest absolute Gasteiger partial charge is 0.303 e. The molecular formula is C15H27NO3S. The topological polar surface area (TPSA) is 58.6 Å². The van der Waals surface area contributed by atoms with Gasteiger partial charge in [-0.05, 0) is 50.3 Å². The molecule has 2 saturated heterocycles. The van der Waals surface area contributed by atoms with E-state index < -0.39 is 5.97 Å². The van der Waals surface area contributed by atoms with Gasteiger partial charge in [0.2, 0.25) is 0 Å². The number of rotatable bonds is 7. The highest BCUT2D eigenvalue weighted by molar-refractivity contribution is 7.99. The first kappa shape index (κ1) is 16.1. The maximum atomic E-state index is 10.5. The highest BCUT2D eigenvalue weighted by Gasteiger charge is 2.40. The van der Waals surface area contributed by atoms with Gasteiger partial charge in [-0.3, -0.25) is 4.79 Å². The second-order valence-corrected chi connectivity index (χ2v) is 7.41. The van der Waals surface area contributed by atoms with Crippen LogP contribution in [0, 0.1) is 5.92 Å². The van der Waals surface area contributed by atoms with E-state index in [1.54, 1.807) is 0 Å². The molecule has 3 atom stereocenters. The molecule has 5 heteroatoms. The summed E-state index contributed by atoms with van der Waals surface area (Å²) in [7, 11) is 0. The van der Waals surface area contributed by atoms with Crippen molar-refractivity contribution in [3.8, 4) is 0 Å². The van der Waals surface area contributed by atoms with Gasteiger partial charge in [0.15, 0.2) is 0 Å². The van der Waals surface area contributed by atoms with Crippen molar-refractivity contribution in [1.82, 2.24) is 5.32 Å². The molecule has 2 fully saturated rings. The molecule has 0 bridgehead atoms. The number of carboxylic acid groups (broad SMARTS) is 1. The van der Waals surface area contributed by atoms with Gasteiger partial charge < -0.3 is 15.2 Å². The molecule has 0 aromatic carbocycles. The second-order valence-electron chi connectivity index (χ2n) is 6.30. The van der Waals surface area contributed by atoms with Crippen LogP contribution in [0.4, 0.5) is 0 Å². The van der Waals surface area contributed by atoms with Gasteiger partial charge in [0.05, 0.1) is 5.60 Å². The van der Waals surface area contributed by atoms with E-state index in [-0.39, 0.29) is 5.60 Å². The molecule has 1 spiro atoms. The minimum absolute atomic E-state index is 0.148. The standard InChI is InChI=1S/C15H27NO3S/c1-12(2-3-14(17)18)4-7-16-13-5-8-19-15(10-13)6-9-20-11-15/h12-13,16H,2-11H2,1H3,(H,17,18). The van der Waals surface area contributed by atoms with Gasteiger partial charge in [-0.25, -0.2) is 0 Å². The molecule has 2 aliphatic rings. The van der Waals surface area contributed by atoms with Crippen molar-refractivity contribution in [2.75, 3.05) is 24.7 Å². The molecule has 2 rings (SSSR count). The molecule has 0 aromatic heterocycles. The summed E-state index contributed by atoms with van der Waals surface area (Å²) in [4.78, 5) is 10.5. The molecule has 4 nitrogen and oxygen atoms in total.